The molecule has 0 fully saturated rings. The molecule has 0 bridgehead atoms. The molecule has 1 aromatic carbocycles. The molecule has 0 unspecified atom stereocenters. The number of nitrogens with one attached hydrogen (secondary N) is 1. The van der Waals surface area contributed by atoms with Crippen molar-refractivity contribution < 1.29 is 0 Å². The topological polar surface area (TPSA) is 75.7 Å². The summed E-state index contributed by atoms with van der Waals surface area (Å²) in [5.74, 6) is 0.0510. The molecular weight excluding hydrogens is 320 g/mol. The molecule has 0 saturated heterocycles. The van der Waals surface area contributed by atoms with Crippen molar-refractivity contribution in [1.82, 2.24) is 10.2 Å². The lowest BCUT2D eigenvalue weighted by atomic mass is 10.2. The van der Waals surface area contributed by atoms with Gasteiger partial charge in [0.1, 0.15) is 10.8 Å². The minimum atomic E-state index is 0.0510. The Morgan fingerprint density at radius 2 is 2.24 bits per heavy atom. The third kappa shape index (κ3) is 3.05. The van der Waals surface area contributed by atoms with Crippen molar-refractivity contribution in [3.05, 3.63) is 33.2 Å². The van der Waals surface area contributed by atoms with Crippen molar-refractivity contribution in [2.75, 3.05) is 0 Å². The summed E-state index contributed by atoms with van der Waals surface area (Å²) in [5.41, 5.74) is 6.26. The first-order valence-corrected chi connectivity index (χ1v) is 7.11. The van der Waals surface area contributed by atoms with Crippen molar-refractivity contribution in [2.45, 2.75) is 16.2 Å². The van der Waals surface area contributed by atoms with Gasteiger partial charge in [-0.2, -0.15) is 0 Å². The largest absolute Gasteiger partial charge is 0.384 e. The fourth-order valence-electron chi connectivity index (χ4n) is 1.22. The Hall–Kier alpha value is -0.920. The smallest absolute Gasteiger partial charge is 0.179 e. The zero-order valence-electron chi connectivity index (χ0n) is 8.90. The van der Waals surface area contributed by atoms with Gasteiger partial charge in [0.05, 0.1) is 0 Å². The summed E-state index contributed by atoms with van der Waals surface area (Å²) in [6, 6.07) is 5.67. The first-order valence-electron chi connectivity index (χ1n) is 4.68. The Balaban J connectivity index is 2.35. The monoisotopic (exact) mass is 328 g/mol. The maximum absolute atomic E-state index is 7.55. The molecule has 4 nitrogen and oxygen atoms in total. The van der Waals surface area contributed by atoms with Crippen LogP contribution in [0.15, 0.2) is 31.9 Å². The number of aryl methyl sites for hydroxylation is 1. The van der Waals surface area contributed by atoms with Gasteiger partial charge in [0.2, 0.25) is 0 Å². The number of benzene rings is 1. The van der Waals surface area contributed by atoms with Gasteiger partial charge in [-0.05, 0) is 25.1 Å². The fourth-order valence-corrected chi connectivity index (χ4v) is 3.48. The second kappa shape index (κ2) is 5.16. The van der Waals surface area contributed by atoms with Gasteiger partial charge < -0.3 is 5.73 Å². The Labute approximate surface area is 115 Å². The van der Waals surface area contributed by atoms with Crippen molar-refractivity contribution in [1.29, 1.82) is 5.41 Å². The number of hydrogen-bond acceptors (Lipinski definition) is 5. The van der Waals surface area contributed by atoms with E-state index in [0.29, 0.717) is 5.56 Å². The van der Waals surface area contributed by atoms with Gasteiger partial charge in [-0.3, -0.25) is 5.41 Å². The number of rotatable bonds is 3. The van der Waals surface area contributed by atoms with Crippen LogP contribution in [0.2, 0.25) is 0 Å². The highest BCUT2D eigenvalue weighted by Gasteiger charge is 2.10. The predicted octanol–water partition coefficient (Wildman–Crippen LogP) is 3.04. The van der Waals surface area contributed by atoms with E-state index in [0.717, 1.165) is 18.7 Å². The van der Waals surface area contributed by atoms with Gasteiger partial charge in [0.25, 0.3) is 0 Å². The van der Waals surface area contributed by atoms with Crippen LogP contribution in [0.3, 0.4) is 0 Å². The molecule has 17 heavy (non-hydrogen) atoms. The molecule has 0 saturated carbocycles. The van der Waals surface area contributed by atoms with Crippen molar-refractivity contribution in [3.63, 3.8) is 0 Å². The van der Waals surface area contributed by atoms with E-state index in [1.807, 2.05) is 25.1 Å². The standard InChI is InChI=1S/C10H9BrN4S2/c1-5-14-15-10(16-5)17-8-3-2-6(11)4-7(8)9(12)13/h2-4H,1H3,(H3,12,13). The van der Waals surface area contributed by atoms with Gasteiger partial charge in [0.15, 0.2) is 4.34 Å². The number of nitrogens with two attached hydrogens (primary N) is 1. The molecule has 88 valence electrons. The Kier molecular flexibility index (Phi) is 3.80. The van der Waals surface area contributed by atoms with E-state index in [2.05, 4.69) is 26.1 Å². The van der Waals surface area contributed by atoms with Crippen LogP contribution < -0.4 is 5.73 Å². The Morgan fingerprint density at radius 1 is 1.47 bits per heavy atom. The van der Waals surface area contributed by atoms with Crippen LogP contribution in [0.5, 0.6) is 0 Å². The summed E-state index contributed by atoms with van der Waals surface area (Å²) >= 11 is 6.37. The lowest BCUT2D eigenvalue weighted by Crippen LogP contribution is -2.12. The third-order valence-corrected chi connectivity index (χ3v) is 4.40. The first kappa shape index (κ1) is 12.5. The number of aromatic nitrogens is 2. The van der Waals surface area contributed by atoms with Crippen LogP contribution in [-0.2, 0) is 0 Å². The number of nitrogens with zero attached hydrogens (tertiary/aromatic N) is 2. The van der Waals surface area contributed by atoms with Crippen LogP contribution in [0.4, 0.5) is 0 Å². The average molecular weight is 329 g/mol. The predicted molar refractivity (Wildman–Crippen MR) is 73.9 cm³/mol. The van der Waals surface area contributed by atoms with E-state index in [-0.39, 0.29) is 5.84 Å². The normalized spacial score (nSPS) is 10.5. The minimum Gasteiger partial charge on any atom is -0.384 e. The molecule has 0 aliphatic rings. The first-order chi connectivity index (χ1) is 8.06. The fraction of sp³-hybridized carbons (Fsp3) is 0.100. The van der Waals surface area contributed by atoms with E-state index in [4.69, 9.17) is 11.1 Å². The maximum atomic E-state index is 7.55. The van der Waals surface area contributed by atoms with Crippen LogP contribution >= 0.6 is 39.0 Å². The van der Waals surface area contributed by atoms with Gasteiger partial charge >= 0.3 is 0 Å². The van der Waals surface area contributed by atoms with E-state index >= 15 is 0 Å². The van der Waals surface area contributed by atoms with Gasteiger partial charge in [-0.1, -0.05) is 39.0 Å². The molecule has 0 amide bonds. The zero-order chi connectivity index (χ0) is 12.4. The molecular formula is C10H9BrN4S2. The SMILES string of the molecule is Cc1nnc(Sc2ccc(Br)cc2C(=N)N)s1. The van der Waals surface area contributed by atoms with Gasteiger partial charge in [0, 0.05) is 14.9 Å². The third-order valence-electron chi connectivity index (χ3n) is 1.94. The molecule has 0 spiro atoms. The molecule has 2 rings (SSSR count). The highest BCUT2D eigenvalue weighted by Crippen LogP contribution is 2.33. The summed E-state index contributed by atoms with van der Waals surface area (Å²) in [5, 5.41) is 16.5. The van der Waals surface area contributed by atoms with E-state index < -0.39 is 0 Å². The zero-order valence-corrected chi connectivity index (χ0v) is 12.1. The summed E-state index contributed by atoms with van der Waals surface area (Å²) in [4.78, 5) is 0.914. The summed E-state index contributed by atoms with van der Waals surface area (Å²) in [6.07, 6.45) is 0. The van der Waals surface area contributed by atoms with Crippen molar-refractivity contribution in [2.24, 2.45) is 5.73 Å². The molecule has 3 N–H and O–H groups in total. The Morgan fingerprint density at radius 3 is 2.82 bits per heavy atom. The highest BCUT2D eigenvalue weighted by atomic mass is 79.9. The Bertz CT molecular complexity index is 567. The molecule has 1 heterocycles. The van der Waals surface area contributed by atoms with Gasteiger partial charge in [-0.15, -0.1) is 10.2 Å². The lowest BCUT2D eigenvalue weighted by molar-refractivity contribution is 0.983. The summed E-state index contributed by atoms with van der Waals surface area (Å²) in [6.45, 7) is 1.91. The van der Waals surface area contributed by atoms with E-state index in [9.17, 15) is 0 Å². The average Bonchev–Trinajstić information content (AvgIpc) is 2.66. The second-order valence-corrected chi connectivity index (χ2v) is 6.63. The number of amidine groups is 1. The van der Waals surface area contributed by atoms with Crippen LogP contribution in [-0.4, -0.2) is 16.0 Å². The van der Waals surface area contributed by atoms with Gasteiger partial charge in [-0.25, -0.2) is 0 Å². The molecule has 0 radical (unpaired) electrons. The van der Waals surface area contributed by atoms with Crippen LogP contribution in [0.25, 0.3) is 0 Å². The highest BCUT2D eigenvalue weighted by molar-refractivity contribution is 9.10. The number of nitrogen functional groups attached to an aromatic ring is 1. The minimum absolute atomic E-state index is 0.0510. The summed E-state index contributed by atoms with van der Waals surface area (Å²) in [7, 11) is 0. The van der Waals surface area contributed by atoms with Crippen LogP contribution in [0.1, 0.15) is 10.6 Å². The number of hydrogen-bond donors (Lipinski definition) is 2. The second-order valence-electron chi connectivity index (χ2n) is 3.24. The molecule has 1 aromatic heterocycles. The van der Waals surface area contributed by atoms with Crippen molar-refractivity contribution in [3.8, 4) is 0 Å². The maximum Gasteiger partial charge on any atom is 0.179 e. The molecule has 0 aliphatic heterocycles. The molecule has 0 aliphatic carbocycles. The lowest BCUT2D eigenvalue weighted by Gasteiger charge is -2.06. The molecule has 0 atom stereocenters. The molecule has 2 aromatic rings. The van der Waals surface area contributed by atoms with Crippen LogP contribution in [0, 0.1) is 12.3 Å². The van der Waals surface area contributed by atoms with E-state index in [1.165, 1.54) is 23.1 Å². The molecule has 7 heteroatoms. The number of halogens is 1. The van der Waals surface area contributed by atoms with E-state index in [1.54, 1.807) is 0 Å². The summed E-state index contributed by atoms with van der Waals surface area (Å²) < 4.78 is 1.76. The quantitative estimate of drug-likeness (QED) is 0.670. The van der Waals surface area contributed by atoms with Crippen molar-refractivity contribution >= 4 is 44.9 Å².